The number of hydrogen-bond acceptors (Lipinski definition) is 2. The van der Waals surface area contributed by atoms with Gasteiger partial charge in [0.25, 0.3) is 0 Å². The van der Waals surface area contributed by atoms with E-state index in [0.717, 1.165) is 6.07 Å². The van der Waals surface area contributed by atoms with Crippen LogP contribution in [0.15, 0.2) is 16.9 Å². The van der Waals surface area contributed by atoms with Crippen LogP contribution in [0.4, 0.5) is 13.2 Å². The third-order valence-electron chi connectivity index (χ3n) is 1.46. The summed E-state index contributed by atoms with van der Waals surface area (Å²) in [6, 6.07) is 1.41. The minimum absolute atomic E-state index is 0.514. The Morgan fingerprint density at radius 1 is 1.38 bits per heavy atom. The van der Waals surface area contributed by atoms with Gasteiger partial charge in [0.2, 0.25) is 5.56 Å². The van der Waals surface area contributed by atoms with E-state index in [0.29, 0.717) is 6.07 Å². The lowest BCUT2D eigenvalue weighted by atomic mass is 10.2. The summed E-state index contributed by atoms with van der Waals surface area (Å²) < 4.78 is 36.4. The van der Waals surface area contributed by atoms with Gasteiger partial charge in [0.15, 0.2) is 0 Å². The Kier molecular flexibility index (Phi) is 2.42. The minimum Gasteiger partial charge on any atom is -0.390 e. The van der Waals surface area contributed by atoms with E-state index in [-0.39, 0.29) is 0 Å². The molecular formula is C7H6F3NO2. The Labute approximate surface area is 70.8 Å². The van der Waals surface area contributed by atoms with Crippen LogP contribution in [-0.4, -0.2) is 10.1 Å². The zero-order valence-corrected chi connectivity index (χ0v) is 6.35. The molecule has 0 unspecified atom stereocenters. The third-order valence-corrected chi connectivity index (χ3v) is 1.46. The van der Waals surface area contributed by atoms with Crippen molar-refractivity contribution in [3.05, 3.63) is 33.7 Å². The van der Waals surface area contributed by atoms with Crippen LogP contribution in [0, 0.1) is 0 Å². The number of aromatic amines is 1. The fraction of sp³-hybridized carbons (Fsp3) is 0.286. The van der Waals surface area contributed by atoms with Gasteiger partial charge in [-0.1, -0.05) is 0 Å². The van der Waals surface area contributed by atoms with E-state index in [1.807, 2.05) is 4.98 Å². The summed E-state index contributed by atoms with van der Waals surface area (Å²) in [4.78, 5) is 12.5. The van der Waals surface area contributed by atoms with E-state index in [2.05, 4.69) is 0 Å². The summed E-state index contributed by atoms with van der Waals surface area (Å²) >= 11 is 0. The molecule has 0 aromatic carbocycles. The average molecular weight is 193 g/mol. The molecule has 0 atom stereocenters. The third kappa shape index (κ3) is 2.09. The largest absolute Gasteiger partial charge is 0.418 e. The van der Waals surface area contributed by atoms with Crippen molar-refractivity contribution in [3.63, 3.8) is 0 Å². The summed E-state index contributed by atoms with van der Waals surface area (Å²) in [7, 11) is 0. The first-order valence-corrected chi connectivity index (χ1v) is 3.35. The Bertz CT molecular complexity index is 355. The number of aliphatic hydroxyl groups excluding tert-OH is 1. The Morgan fingerprint density at radius 3 is 2.46 bits per heavy atom. The molecule has 6 heteroatoms. The van der Waals surface area contributed by atoms with Gasteiger partial charge in [-0.3, -0.25) is 4.79 Å². The van der Waals surface area contributed by atoms with Crippen molar-refractivity contribution in [2.24, 2.45) is 0 Å². The fourth-order valence-corrected chi connectivity index (χ4v) is 0.908. The van der Waals surface area contributed by atoms with Crippen LogP contribution in [0.5, 0.6) is 0 Å². The highest BCUT2D eigenvalue weighted by atomic mass is 19.4. The van der Waals surface area contributed by atoms with Crippen molar-refractivity contribution in [3.8, 4) is 0 Å². The highest BCUT2D eigenvalue weighted by Crippen LogP contribution is 2.30. The molecule has 1 aromatic heterocycles. The maximum Gasteiger partial charge on any atom is 0.418 e. The fourth-order valence-electron chi connectivity index (χ4n) is 0.908. The molecule has 1 aromatic rings. The maximum atomic E-state index is 12.1. The van der Waals surface area contributed by atoms with Gasteiger partial charge < -0.3 is 10.1 Å². The highest BCUT2D eigenvalue weighted by molar-refractivity contribution is 5.22. The second-order valence-electron chi connectivity index (χ2n) is 2.37. The van der Waals surface area contributed by atoms with Crippen LogP contribution in [0.25, 0.3) is 0 Å². The van der Waals surface area contributed by atoms with Crippen molar-refractivity contribution in [1.82, 2.24) is 4.98 Å². The topological polar surface area (TPSA) is 53.1 Å². The summed E-state index contributed by atoms with van der Waals surface area (Å²) in [6.07, 6.45) is -4.55. The second-order valence-corrected chi connectivity index (χ2v) is 2.37. The molecule has 0 radical (unpaired) electrons. The first kappa shape index (κ1) is 9.79. The van der Waals surface area contributed by atoms with Crippen LogP contribution in [-0.2, 0) is 12.8 Å². The van der Waals surface area contributed by atoms with Crippen LogP contribution >= 0.6 is 0 Å². The molecule has 0 aliphatic heterocycles. The van der Waals surface area contributed by atoms with E-state index >= 15 is 0 Å². The average Bonchev–Trinajstić information content (AvgIpc) is 2.01. The minimum atomic E-state index is -4.55. The van der Waals surface area contributed by atoms with Gasteiger partial charge >= 0.3 is 6.18 Å². The van der Waals surface area contributed by atoms with E-state index < -0.39 is 29.6 Å². The lowest BCUT2D eigenvalue weighted by Gasteiger charge is -2.09. The summed E-state index contributed by atoms with van der Waals surface area (Å²) in [5.41, 5.74) is -2.20. The number of hydrogen-bond donors (Lipinski definition) is 2. The molecule has 2 N–H and O–H groups in total. The molecule has 72 valence electrons. The number of alkyl halides is 3. The molecule has 0 saturated heterocycles. The lowest BCUT2D eigenvalue weighted by molar-refractivity contribution is -0.139. The number of pyridine rings is 1. The zero-order valence-electron chi connectivity index (χ0n) is 6.35. The van der Waals surface area contributed by atoms with E-state index in [4.69, 9.17) is 5.11 Å². The van der Waals surface area contributed by atoms with Gasteiger partial charge in [-0.15, -0.1) is 0 Å². The first-order chi connectivity index (χ1) is 5.95. The van der Waals surface area contributed by atoms with Gasteiger partial charge in [-0.25, -0.2) is 0 Å². The maximum absolute atomic E-state index is 12.1. The molecule has 0 amide bonds. The van der Waals surface area contributed by atoms with Gasteiger partial charge in [-0.05, 0) is 6.07 Å². The molecule has 0 spiro atoms. The van der Waals surface area contributed by atoms with Crippen LogP contribution in [0.2, 0.25) is 0 Å². The predicted octanol–water partition coefficient (Wildman–Crippen LogP) is 0.886. The molecular weight excluding hydrogens is 187 g/mol. The summed E-state index contributed by atoms with van der Waals surface area (Å²) in [5, 5.41) is 8.54. The number of aliphatic hydroxyl groups is 1. The van der Waals surface area contributed by atoms with Gasteiger partial charge in [0, 0.05) is 6.07 Å². The summed E-state index contributed by atoms with van der Waals surface area (Å²) in [5.74, 6) is 0. The van der Waals surface area contributed by atoms with Crippen LogP contribution < -0.4 is 5.56 Å². The molecule has 0 fully saturated rings. The van der Waals surface area contributed by atoms with Crippen LogP contribution in [0.3, 0.4) is 0 Å². The van der Waals surface area contributed by atoms with E-state index in [1.165, 1.54) is 0 Å². The summed E-state index contributed by atoms with van der Waals surface area (Å²) in [6.45, 7) is -0.842. The number of nitrogens with one attached hydrogen (secondary N) is 1. The smallest absolute Gasteiger partial charge is 0.390 e. The number of rotatable bonds is 1. The van der Waals surface area contributed by atoms with Gasteiger partial charge in [-0.2, -0.15) is 13.2 Å². The van der Waals surface area contributed by atoms with Crippen molar-refractivity contribution in [2.45, 2.75) is 12.8 Å². The lowest BCUT2D eigenvalue weighted by Crippen LogP contribution is -2.16. The SMILES string of the molecule is O=c1ccc(C(F)(F)F)c(CO)[nH]1. The number of halogens is 3. The second kappa shape index (κ2) is 3.21. The standard InChI is InChI=1S/C7H6F3NO2/c8-7(9,10)4-1-2-6(13)11-5(4)3-12/h1-2,12H,3H2,(H,11,13). The zero-order chi connectivity index (χ0) is 10.1. The number of aromatic nitrogens is 1. The Morgan fingerprint density at radius 2 is 2.00 bits per heavy atom. The van der Waals surface area contributed by atoms with Crippen LogP contribution in [0.1, 0.15) is 11.3 Å². The predicted molar refractivity (Wildman–Crippen MR) is 38.0 cm³/mol. The molecule has 13 heavy (non-hydrogen) atoms. The normalized spacial score (nSPS) is 11.7. The first-order valence-electron chi connectivity index (χ1n) is 3.35. The highest BCUT2D eigenvalue weighted by Gasteiger charge is 2.33. The molecule has 1 heterocycles. The molecule has 3 nitrogen and oxygen atoms in total. The van der Waals surface area contributed by atoms with Gasteiger partial charge in [0.05, 0.1) is 17.9 Å². The Balaban J connectivity index is 3.30. The van der Waals surface area contributed by atoms with Crippen molar-refractivity contribution in [2.75, 3.05) is 0 Å². The van der Waals surface area contributed by atoms with Crippen molar-refractivity contribution < 1.29 is 18.3 Å². The monoisotopic (exact) mass is 193 g/mol. The quantitative estimate of drug-likeness (QED) is 0.695. The van der Waals surface area contributed by atoms with Crippen molar-refractivity contribution >= 4 is 0 Å². The molecule has 1 rings (SSSR count). The van der Waals surface area contributed by atoms with Gasteiger partial charge in [0.1, 0.15) is 0 Å². The van der Waals surface area contributed by atoms with Crippen molar-refractivity contribution in [1.29, 1.82) is 0 Å². The number of H-pyrrole nitrogens is 1. The molecule has 0 bridgehead atoms. The van der Waals surface area contributed by atoms with E-state index in [9.17, 15) is 18.0 Å². The molecule has 0 aliphatic carbocycles. The molecule has 0 aliphatic rings. The van der Waals surface area contributed by atoms with E-state index in [1.54, 1.807) is 0 Å². The molecule has 0 saturated carbocycles. The Hall–Kier alpha value is -1.30.